The number of halogens is 1. The Morgan fingerprint density at radius 3 is 3.06 bits per heavy atom. The van der Waals surface area contributed by atoms with Gasteiger partial charge in [-0.15, -0.1) is 0 Å². The molecule has 0 aliphatic rings. The fraction of sp³-hybridized carbons (Fsp3) is 0.200. The summed E-state index contributed by atoms with van der Waals surface area (Å²) in [4.78, 5) is 19.4. The quantitative estimate of drug-likeness (QED) is 0.697. The van der Waals surface area contributed by atoms with Gasteiger partial charge in [0.25, 0.3) is 0 Å². The molecule has 8 heteroatoms. The maximum atomic E-state index is 5.84. The Labute approximate surface area is 107 Å². The van der Waals surface area contributed by atoms with E-state index in [0.717, 1.165) is 11.3 Å². The average Bonchev–Trinajstić information content (AvgIpc) is 2.94. The van der Waals surface area contributed by atoms with Gasteiger partial charge in [0.2, 0.25) is 5.28 Å². The number of hydrogen-bond donors (Lipinski definition) is 2. The smallest absolute Gasteiger partial charge is 0.226 e. The van der Waals surface area contributed by atoms with Crippen LogP contribution in [0, 0.1) is 0 Å². The third-order valence-corrected chi connectivity index (χ3v) is 2.76. The zero-order valence-corrected chi connectivity index (χ0v) is 10.3. The summed E-state index contributed by atoms with van der Waals surface area (Å²) >= 11 is 5.84. The Kier molecular flexibility index (Phi) is 2.60. The first-order valence-corrected chi connectivity index (χ1v) is 5.68. The SMILES string of the molecule is Cn1ccnc1CNc1nc(Cl)nc2nc[nH]c12. The van der Waals surface area contributed by atoms with E-state index in [2.05, 4.69) is 30.2 Å². The van der Waals surface area contributed by atoms with Crippen LogP contribution in [0.1, 0.15) is 5.82 Å². The number of H-pyrrole nitrogens is 1. The minimum atomic E-state index is 0.164. The molecule has 3 heterocycles. The summed E-state index contributed by atoms with van der Waals surface area (Å²) < 4.78 is 1.93. The van der Waals surface area contributed by atoms with Crippen LogP contribution in [0.3, 0.4) is 0 Å². The minimum Gasteiger partial charge on any atom is -0.361 e. The van der Waals surface area contributed by atoms with E-state index >= 15 is 0 Å². The Morgan fingerprint density at radius 1 is 1.39 bits per heavy atom. The first-order chi connectivity index (χ1) is 8.74. The molecule has 0 aromatic carbocycles. The fourth-order valence-corrected chi connectivity index (χ4v) is 1.83. The van der Waals surface area contributed by atoms with Crippen LogP contribution in [0.5, 0.6) is 0 Å². The second-order valence-electron chi connectivity index (χ2n) is 3.75. The Balaban J connectivity index is 1.90. The molecule has 0 saturated carbocycles. The highest BCUT2D eigenvalue weighted by Crippen LogP contribution is 2.18. The summed E-state index contributed by atoms with van der Waals surface area (Å²) in [5, 5.41) is 3.33. The van der Waals surface area contributed by atoms with E-state index in [1.165, 1.54) is 0 Å². The largest absolute Gasteiger partial charge is 0.361 e. The molecular weight excluding hydrogens is 254 g/mol. The molecule has 0 radical (unpaired) electrons. The van der Waals surface area contributed by atoms with Crippen LogP contribution in [-0.2, 0) is 13.6 Å². The van der Waals surface area contributed by atoms with E-state index in [1.54, 1.807) is 12.5 Å². The van der Waals surface area contributed by atoms with Crippen molar-refractivity contribution in [2.24, 2.45) is 7.05 Å². The van der Waals surface area contributed by atoms with Crippen molar-refractivity contribution in [3.63, 3.8) is 0 Å². The van der Waals surface area contributed by atoms with Gasteiger partial charge in [-0.05, 0) is 11.6 Å². The van der Waals surface area contributed by atoms with E-state index in [1.807, 2.05) is 17.8 Å². The highest BCUT2D eigenvalue weighted by Gasteiger charge is 2.09. The third kappa shape index (κ3) is 1.88. The van der Waals surface area contributed by atoms with Crippen LogP contribution in [-0.4, -0.2) is 29.5 Å². The predicted molar refractivity (Wildman–Crippen MR) is 67.2 cm³/mol. The summed E-state index contributed by atoms with van der Waals surface area (Å²) in [5.41, 5.74) is 1.27. The number of rotatable bonds is 3. The molecule has 0 unspecified atom stereocenters. The molecule has 0 atom stereocenters. The lowest BCUT2D eigenvalue weighted by Gasteiger charge is -2.06. The molecule has 3 aromatic heterocycles. The maximum absolute atomic E-state index is 5.84. The van der Waals surface area contributed by atoms with Gasteiger partial charge in [0.05, 0.1) is 12.9 Å². The predicted octanol–water partition coefficient (Wildman–Crippen LogP) is 1.35. The van der Waals surface area contributed by atoms with Crippen LogP contribution in [0.2, 0.25) is 5.28 Å². The topological polar surface area (TPSA) is 84.3 Å². The van der Waals surface area contributed by atoms with E-state index in [9.17, 15) is 0 Å². The van der Waals surface area contributed by atoms with Crippen LogP contribution >= 0.6 is 11.6 Å². The fourth-order valence-electron chi connectivity index (χ4n) is 1.66. The lowest BCUT2D eigenvalue weighted by molar-refractivity contribution is 0.811. The zero-order chi connectivity index (χ0) is 12.5. The second-order valence-corrected chi connectivity index (χ2v) is 4.09. The first kappa shape index (κ1) is 11.0. The molecule has 0 bridgehead atoms. The number of aryl methyl sites for hydroxylation is 1. The van der Waals surface area contributed by atoms with Gasteiger partial charge < -0.3 is 14.9 Å². The lowest BCUT2D eigenvalue weighted by atomic mass is 10.4. The van der Waals surface area contributed by atoms with Crippen LogP contribution < -0.4 is 5.32 Å². The van der Waals surface area contributed by atoms with Crippen LogP contribution in [0.15, 0.2) is 18.7 Å². The minimum absolute atomic E-state index is 0.164. The summed E-state index contributed by atoms with van der Waals surface area (Å²) in [6, 6.07) is 0. The lowest BCUT2D eigenvalue weighted by Crippen LogP contribution is -2.07. The van der Waals surface area contributed by atoms with E-state index in [-0.39, 0.29) is 5.28 Å². The molecule has 0 saturated heterocycles. The molecule has 0 spiro atoms. The third-order valence-electron chi connectivity index (χ3n) is 2.59. The Bertz CT molecular complexity index is 686. The van der Waals surface area contributed by atoms with Crippen molar-refractivity contribution < 1.29 is 0 Å². The monoisotopic (exact) mass is 263 g/mol. The molecule has 7 nitrogen and oxygen atoms in total. The highest BCUT2D eigenvalue weighted by atomic mass is 35.5. The number of fused-ring (bicyclic) bond motifs is 1. The molecular formula is C10H10ClN7. The second kappa shape index (κ2) is 4.26. The zero-order valence-electron chi connectivity index (χ0n) is 9.55. The molecule has 3 aromatic rings. The summed E-state index contributed by atoms with van der Waals surface area (Å²) in [6.45, 7) is 0.547. The molecule has 2 N–H and O–H groups in total. The first-order valence-electron chi connectivity index (χ1n) is 5.31. The van der Waals surface area contributed by atoms with Crippen molar-refractivity contribution in [3.8, 4) is 0 Å². The molecule has 18 heavy (non-hydrogen) atoms. The van der Waals surface area contributed by atoms with Gasteiger partial charge in [-0.1, -0.05) is 0 Å². The van der Waals surface area contributed by atoms with E-state index in [4.69, 9.17) is 11.6 Å². The summed E-state index contributed by atoms with van der Waals surface area (Å²) in [7, 11) is 1.93. The van der Waals surface area contributed by atoms with Gasteiger partial charge in [0.1, 0.15) is 11.3 Å². The van der Waals surface area contributed by atoms with Crippen molar-refractivity contribution in [2.45, 2.75) is 6.54 Å². The number of imidazole rings is 2. The number of nitrogens with zero attached hydrogens (tertiary/aromatic N) is 5. The van der Waals surface area contributed by atoms with Crippen LogP contribution in [0.4, 0.5) is 5.82 Å². The van der Waals surface area contributed by atoms with Gasteiger partial charge >= 0.3 is 0 Å². The van der Waals surface area contributed by atoms with E-state index in [0.29, 0.717) is 18.0 Å². The van der Waals surface area contributed by atoms with Crippen molar-refractivity contribution in [1.29, 1.82) is 0 Å². The van der Waals surface area contributed by atoms with Gasteiger partial charge in [-0.25, -0.2) is 9.97 Å². The van der Waals surface area contributed by atoms with Crippen molar-refractivity contribution >= 4 is 28.6 Å². The highest BCUT2D eigenvalue weighted by molar-refractivity contribution is 6.28. The van der Waals surface area contributed by atoms with Crippen molar-refractivity contribution in [1.82, 2.24) is 29.5 Å². The summed E-state index contributed by atoms with van der Waals surface area (Å²) in [5.74, 6) is 1.52. The van der Waals surface area contributed by atoms with Gasteiger partial charge in [0, 0.05) is 19.4 Å². The molecule has 0 aliphatic heterocycles. The molecule has 92 valence electrons. The van der Waals surface area contributed by atoms with E-state index < -0.39 is 0 Å². The molecule has 0 amide bonds. The number of aromatic nitrogens is 6. The number of nitrogens with one attached hydrogen (secondary N) is 2. The average molecular weight is 264 g/mol. The Morgan fingerprint density at radius 2 is 2.28 bits per heavy atom. The number of anilines is 1. The molecule has 0 fully saturated rings. The standard InChI is InChI=1S/C10H10ClN7/c1-18-3-2-12-6(18)4-13-8-7-9(15-5-14-7)17-10(11)16-8/h2-3,5H,4H2,1H3,(H2,13,14,15,16,17). The Hall–Kier alpha value is -2.15. The van der Waals surface area contributed by atoms with Gasteiger partial charge in [-0.2, -0.15) is 9.97 Å². The summed E-state index contributed by atoms with van der Waals surface area (Å²) in [6.07, 6.45) is 5.19. The molecule has 3 rings (SSSR count). The number of hydrogen-bond acceptors (Lipinski definition) is 5. The molecule has 0 aliphatic carbocycles. The van der Waals surface area contributed by atoms with Crippen molar-refractivity contribution in [3.05, 3.63) is 29.8 Å². The van der Waals surface area contributed by atoms with Crippen LogP contribution in [0.25, 0.3) is 11.2 Å². The maximum Gasteiger partial charge on any atom is 0.226 e. The van der Waals surface area contributed by atoms with Gasteiger partial charge in [0.15, 0.2) is 11.5 Å². The van der Waals surface area contributed by atoms with Crippen molar-refractivity contribution in [2.75, 3.05) is 5.32 Å². The van der Waals surface area contributed by atoms with Gasteiger partial charge in [-0.3, -0.25) is 0 Å². The number of aromatic amines is 1. The normalized spacial score (nSPS) is 11.0.